The number of rotatable bonds is 3. The molecule has 0 unspecified atom stereocenters. The molecular formula is C25H34O8. The van der Waals surface area contributed by atoms with Gasteiger partial charge in [0, 0.05) is 12.8 Å². The van der Waals surface area contributed by atoms with E-state index in [4.69, 9.17) is 18.9 Å². The van der Waals surface area contributed by atoms with E-state index in [-0.39, 0.29) is 29.8 Å². The molecule has 0 amide bonds. The van der Waals surface area contributed by atoms with Crippen LogP contribution in [0.5, 0.6) is 0 Å². The monoisotopic (exact) mass is 462 g/mol. The van der Waals surface area contributed by atoms with E-state index in [1.807, 2.05) is 26.8 Å². The Morgan fingerprint density at radius 1 is 1.27 bits per heavy atom. The topological polar surface area (TPSA) is 108 Å². The second-order valence-electron chi connectivity index (χ2n) is 9.76. The first-order valence-electron chi connectivity index (χ1n) is 11.3. The van der Waals surface area contributed by atoms with E-state index < -0.39 is 35.2 Å². The lowest BCUT2D eigenvalue weighted by Crippen LogP contribution is -2.46. The molecule has 0 radical (unpaired) electrons. The van der Waals surface area contributed by atoms with Crippen LogP contribution in [0.2, 0.25) is 0 Å². The number of methoxy groups -OCH3 is 1. The average molecular weight is 463 g/mol. The van der Waals surface area contributed by atoms with Gasteiger partial charge >= 0.3 is 17.9 Å². The van der Waals surface area contributed by atoms with Crippen molar-refractivity contribution in [3.05, 3.63) is 34.3 Å². The standard InChI is InChI=1S/C25H34O8/c1-13(2)19-17-9-8-14(3)21(31-16(5)26)25(29)12-18(27)32-22(25)15(4)10-11-24(17,6)33-23(28)20(19)30-7/h8,13,17,21,29H,9-12H2,1-7H3/b14-8-,22-15+/t17-,21+,24+,25+/m0/s1. The lowest BCUT2D eigenvalue weighted by molar-refractivity contribution is -0.167. The van der Waals surface area contributed by atoms with Gasteiger partial charge in [0.1, 0.15) is 11.4 Å². The molecule has 0 aromatic carbocycles. The Labute approximate surface area is 194 Å². The minimum Gasteiger partial charge on any atom is -0.490 e. The molecular weight excluding hydrogens is 428 g/mol. The number of ether oxygens (including phenoxy) is 4. The lowest BCUT2D eigenvalue weighted by Gasteiger charge is -2.43. The van der Waals surface area contributed by atoms with Gasteiger partial charge in [-0.2, -0.15) is 0 Å². The summed E-state index contributed by atoms with van der Waals surface area (Å²) in [5.41, 5.74) is -0.550. The zero-order valence-corrected chi connectivity index (χ0v) is 20.4. The predicted octanol–water partition coefficient (Wildman–Crippen LogP) is 3.49. The SMILES string of the molecule is COC1=C(C(C)C)[C@@H]2C/C=C(/C)[C@@H](OC(C)=O)[C@]3(O)CC(=O)O/C3=C(\C)CC[C@@]2(C)OC1=O. The molecule has 8 nitrogen and oxygen atoms in total. The molecule has 0 spiro atoms. The maximum atomic E-state index is 12.8. The van der Waals surface area contributed by atoms with Crippen LogP contribution in [-0.4, -0.2) is 47.4 Å². The first-order valence-corrected chi connectivity index (χ1v) is 11.3. The number of hydrogen-bond donors (Lipinski definition) is 1. The molecule has 1 N–H and O–H groups in total. The fourth-order valence-electron chi connectivity index (χ4n) is 5.30. The second-order valence-corrected chi connectivity index (χ2v) is 9.76. The summed E-state index contributed by atoms with van der Waals surface area (Å²) in [6.45, 7) is 10.7. The van der Waals surface area contributed by atoms with Crippen LogP contribution in [0.3, 0.4) is 0 Å². The van der Waals surface area contributed by atoms with Crippen LogP contribution in [0.1, 0.15) is 67.2 Å². The van der Waals surface area contributed by atoms with Gasteiger partial charge in [-0.1, -0.05) is 19.9 Å². The Morgan fingerprint density at radius 2 is 1.94 bits per heavy atom. The quantitative estimate of drug-likeness (QED) is 0.386. The molecule has 4 atom stereocenters. The third-order valence-electron chi connectivity index (χ3n) is 6.93. The zero-order chi connectivity index (χ0) is 24.7. The van der Waals surface area contributed by atoms with E-state index in [0.29, 0.717) is 30.4 Å². The smallest absolute Gasteiger partial charge is 0.374 e. The average Bonchev–Trinajstić information content (AvgIpc) is 3.02. The number of carbonyl (C=O) groups excluding carboxylic acids is 3. The van der Waals surface area contributed by atoms with Crippen molar-refractivity contribution < 1.29 is 38.4 Å². The first-order chi connectivity index (χ1) is 15.3. The highest BCUT2D eigenvalue weighted by Gasteiger charge is 2.54. The fraction of sp³-hybridized carbons (Fsp3) is 0.640. The van der Waals surface area contributed by atoms with Crippen LogP contribution < -0.4 is 0 Å². The highest BCUT2D eigenvalue weighted by atomic mass is 16.6. The van der Waals surface area contributed by atoms with Crippen LogP contribution in [0.25, 0.3) is 0 Å². The van der Waals surface area contributed by atoms with Gasteiger partial charge in [0.2, 0.25) is 5.76 Å². The highest BCUT2D eigenvalue weighted by molar-refractivity contribution is 5.89. The Balaban J connectivity index is 2.20. The van der Waals surface area contributed by atoms with Gasteiger partial charge in [-0.05, 0) is 62.7 Å². The summed E-state index contributed by atoms with van der Waals surface area (Å²) in [7, 11) is 1.46. The predicted molar refractivity (Wildman–Crippen MR) is 118 cm³/mol. The molecule has 1 aliphatic carbocycles. The number of aliphatic hydroxyl groups is 1. The lowest BCUT2D eigenvalue weighted by atomic mass is 9.72. The minimum atomic E-state index is -1.80. The van der Waals surface area contributed by atoms with Crippen molar-refractivity contribution in [1.82, 2.24) is 0 Å². The summed E-state index contributed by atoms with van der Waals surface area (Å²) in [6.07, 6.45) is 1.80. The van der Waals surface area contributed by atoms with Crippen LogP contribution in [0, 0.1) is 11.8 Å². The second kappa shape index (κ2) is 8.97. The third-order valence-corrected chi connectivity index (χ3v) is 6.93. The van der Waals surface area contributed by atoms with Crippen molar-refractivity contribution in [2.24, 2.45) is 11.8 Å². The third kappa shape index (κ3) is 4.45. The van der Waals surface area contributed by atoms with Crippen molar-refractivity contribution >= 4 is 17.9 Å². The van der Waals surface area contributed by atoms with Crippen molar-refractivity contribution in [3.63, 3.8) is 0 Å². The Bertz CT molecular complexity index is 955. The maximum absolute atomic E-state index is 12.8. The molecule has 0 bridgehead atoms. The first kappa shape index (κ1) is 25.0. The molecule has 3 aliphatic rings. The number of esters is 3. The van der Waals surface area contributed by atoms with Gasteiger partial charge in [-0.3, -0.25) is 9.59 Å². The van der Waals surface area contributed by atoms with Gasteiger partial charge in [-0.15, -0.1) is 0 Å². The van der Waals surface area contributed by atoms with E-state index in [1.165, 1.54) is 14.0 Å². The molecule has 1 saturated heterocycles. The molecule has 0 aromatic rings. The fourth-order valence-corrected chi connectivity index (χ4v) is 5.30. The summed E-state index contributed by atoms with van der Waals surface area (Å²) in [4.78, 5) is 37.0. The zero-order valence-electron chi connectivity index (χ0n) is 20.4. The van der Waals surface area contributed by atoms with Gasteiger partial charge in [0.25, 0.3) is 0 Å². The van der Waals surface area contributed by atoms with Crippen LogP contribution >= 0.6 is 0 Å². The molecule has 0 saturated carbocycles. The van der Waals surface area contributed by atoms with E-state index in [1.54, 1.807) is 13.8 Å². The van der Waals surface area contributed by atoms with Crippen LogP contribution in [0.4, 0.5) is 0 Å². The van der Waals surface area contributed by atoms with Crippen LogP contribution in [-0.2, 0) is 33.3 Å². The molecule has 33 heavy (non-hydrogen) atoms. The van der Waals surface area contributed by atoms with Gasteiger partial charge < -0.3 is 24.1 Å². The number of hydrogen-bond acceptors (Lipinski definition) is 8. The Morgan fingerprint density at radius 3 is 2.52 bits per heavy atom. The Hall–Kier alpha value is -2.61. The van der Waals surface area contributed by atoms with Crippen molar-refractivity contribution in [2.45, 2.75) is 84.5 Å². The van der Waals surface area contributed by atoms with Gasteiger partial charge in [0.15, 0.2) is 11.7 Å². The summed E-state index contributed by atoms with van der Waals surface area (Å²) in [6, 6.07) is 0. The van der Waals surface area contributed by atoms with E-state index in [2.05, 4.69) is 0 Å². The van der Waals surface area contributed by atoms with Crippen LogP contribution in [0.15, 0.2) is 34.3 Å². The summed E-state index contributed by atoms with van der Waals surface area (Å²) in [5.74, 6) is -1.49. The summed E-state index contributed by atoms with van der Waals surface area (Å²) in [5, 5.41) is 11.6. The molecule has 2 aliphatic heterocycles. The Kier molecular flexibility index (Phi) is 6.80. The summed E-state index contributed by atoms with van der Waals surface area (Å²) < 4.78 is 22.4. The molecule has 8 heteroatoms. The minimum absolute atomic E-state index is 0.0317. The van der Waals surface area contributed by atoms with E-state index in [0.717, 1.165) is 5.57 Å². The normalized spacial score (nSPS) is 36.7. The van der Waals surface area contributed by atoms with E-state index >= 15 is 0 Å². The summed E-state index contributed by atoms with van der Waals surface area (Å²) >= 11 is 0. The molecule has 3 rings (SSSR count). The number of carbonyl (C=O) groups is 3. The molecule has 1 fully saturated rings. The molecule has 2 heterocycles. The van der Waals surface area contributed by atoms with Gasteiger partial charge in [-0.25, -0.2) is 4.79 Å². The highest BCUT2D eigenvalue weighted by Crippen LogP contribution is 2.47. The van der Waals surface area contributed by atoms with Crippen molar-refractivity contribution in [2.75, 3.05) is 7.11 Å². The number of fused-ring (bicyclic) bond motifs is 2. The molecule has 182 valence electrons. The van der Waals surface area contributed by atoms with Gasteiger partial charge in [0.05, 0.1) is 13.5 Å². The molecule has 0 aromatic heterocycles. The largest absolute Gasteiger partial charge is 0.490 e. The van der Waals surface area contributed by atoms with Crippen molar-refractivity contribution in [1.29, 1.82) is 0 Å². The maximum Gasteiger partial charge on any atom is 0.374 e. The number of allylic oxidation sites excluding steroid dienone is 2. The van der Waals surface area contributed by atoms with Crippen molar-refractivity contribution in [3.8, 4) is 0 Å². The van der Waals surface area contributed by atoms with E-state index in [9.17, 15) is 19.5 Å².